The number of benzene rings is 2. The highest BCUT2D eigenvalue weighted by Gasteiger charge is 2.13. The summed E-state index contributed by atoms with van der Waals surface area (Å²) in [6.45, 7) is 3.41. The number of ketones is 1. The molecule has 0 saturated carbocycles. The second-order valence-electron chi connectivity index (χ2n) is 6.36. The molecule has 2 aromatic carbocycles. The number of aromatic carboxylic acids is 1. The van der Waals surface area contributed by atoms with Crippen molar-refractivity contribution in [1.82, 2.24) is 4.98 Å². The van der Waals surface area contributed by atoms with Gasteiger partial charge in [-0.1, -0.05) is 23.9 Å². The number of phenols is 1. The van der Waals surface area contributed by atoms with Gasteiger partial charge in [-0.2, -0.15) is 0 Å². The molecule has 0 atom stereocenters. The maximum Gasteiger partial charge on any atom is 0.335 e. The minimum Gasteiger partial charge on any atom is -0.507 e. The molecule has 0 bridgehead atoms. The van der Waals surface area contributed by atoms with Crippen molar-refractivity contribution < 1.29 is 24.5 Å². The predicted octanol–water partition coefficient (Wildman–Crippen LogP) is 4.73. The van der Waals surface area contributed by atoms with Gasteiger partial charge in [-0.25, -0.2) is 9.78 Å². The molecule has 0 aliphatic heterocycles. The zero-order chi connectivity index (χ0) is 21.0. The number of Topliss-reactive ketones (excluding diaryl/α,β-unsaturated/α-hetero) is 1. The van der Waals surface area contributed by atoms with Crippen LogP contribution in [0.5, 0.6) is 11.5 Å². The van der Waals surface area contributed by atoms with E-state index in [-0.39, 0.29) is 22.7 Å². The van der Waals surface area contributed by atoms with E-state index in [0.717, 1.165) is 10.5 Å². The highest BCUT2D eigenvalue weighted by molar-refractivity contribution is 7.99. The van der Waals surface area contributed by atoms with Gasteiger partial charge in [0.05, 0.1) is 11.1 Å². The van der Waals surface area contributed by atoms with Crippen LogP contribution in [0.2, 0.25) is 0 Å². The van der Waals surface area contributed by atoms with E-state index in [9.17, 15) is 14.7 Å². The molecule has 0 fully saturated rings. The van der Waals surface area contributed by atoms with Gasteiger partial charge < -0.3 is 14.9 Å². The first-order valence-electron chi connectivity index (χ1n) is 8.77. The average molecular weight is 409 g/mol. The fourth-order valence-electron chi connectivity index (χ4n) is 2.66. The molecule has 3 aromatic rings. The minimum absolute atomic E-state index is 0.0576. The lowest BCUT2D eigenvalue weighted by atomic mass is 10.1. The molecule has 1 heterocycles. The molecule has 3 rings (SSSR count). The van der Waals surface area contributed by atoms with Crippen LogP contribution in [0.25, 0.3) is 0 Å². The summed E-state index contributed by atoms with van der Waals surface area (Å²) < 4.78 is 5.78. The summed E-state index contributed by atoms with van der Waals surface area (Å²) in [5.41, 5.74) is 1.92. The van der Waals surface area contributed by atoms with E-state index in [1.807, 2.05) is 24.3 Å². The van der Waals surface area contributed by atoms with Crippen LogP contribution in [0.4, 0.5) is 0 Å². The van der Waals surface area contributed by atoms with E-state index in [1.54, 1.807) is 19.1 Å². The van der Waals surface area contributed by atoms with Gasteiger partial charge in [-0.3, -0.25) is 4.79 Å². The SMILES string of the molecule is CC(=O)c1ccc(OCc2ccc(Sc3cc(C(=O)O)ccn3)cc2)c(C)c1O. The number of pyridine rings is 1. The lowest BCUT2D eigenvalue weighted by Gasteiger charge is -2.12. The van der Waals surface area contributed by atoms with E-state index < -0.39 is 5.97 Å². The number of rotatable bonds is 7. The van der Waals surface area contributed by atoms with Gasteiger partial charge in [0.1, 0.15) is 23.1 Å². The molecule has 0 amide bonds. The third kappa shape index (κ3) is 4.94. The third-order valence-electron chi connectivity index (χ3n) is 4.28. The number of nitrogens with zero attached hydrogens (tertiary/aromatic N) is 1. The fourth-order valence-corrected chi connectivity index (χ4v) is 3.47. The molecule has 0 radical (unpaired) electrons. The molecule has 7 heteroatoms. The van der Waals surface area contributed by atoms with Crippen LogP contribution < -0.4 is 4.74 Å². The number of aromatic nitrogens is 1. The van der Waals surface area contributed by atoms with E-state index >= 15 is 0 Å². The van der Waals surface area contributed by atoms with Crippen LogP contribution in [0.15, 0.2) is 64.6 Å². The maximum absolute atomic E-state index is 11.5. The van der Waals surface area contributed by atoms with Gasteiger partial charge >= 0.3 is 5.97 Å². The molecule has 2 N–H and O–H groups in total. The maximum atomic E-state index is 11.5. The largest absolute Gasteiger partial charge is 0.507 e. The molecule has 148 valence electrons. The van der Waals surface area contributed by atoms with E-state index in [4.69, 9.17) is 9.84 Å². The number of carbonyl (C=O) groups excluding carboxylic acids is 1. The van der Waals surface area contributed by atoms with E-state index in [2.05, 4.69) is 4.98 Å². The van der Waals surface area contributed by atoms with Crippen LogP contribution in [-0.4, -0.2) is 26.9 Å². The third-order valence-corrected chi connectivity index (χ3v) is 5.22. The van der Waals surface area contributed by atoms with Crippen molar-refractivity contribution in [3.8, 4) is 11.5 Å². The Morgan fingerprint density at radius 3 is 2.48 bits per heavy atom. The Labute approximate surface area is 172 Å². The van der Waals surface area contributed by atoms with Gasteiger partial charge in [-0.15, -0.1) is 0 Å². The Morgan fingerprint density at radius 2 is 1.83 bits per heavy atom. The van der Waals surface area contributed by atoms with Crippen molar-refractivity contribution in [1.29, 1.82) is 0 Å². The second-order valence-corrected chi connectivity index (χ2v) is 7.46. The summed E-state index contributed by atoms with van der Waals surface area (Å²) in [7, 11) is 0. The van der Waals surface area contributed by atoms with Crippen LogP contribution >= 0.6 is 11.8 Å². The van der Waals surface area contributed by atoms with Crippen molar-refractivity contribution >= 4 is 23.5 Å². The van der Waals surface area contributed by atoms with E-state index in [1.165, 1.54) is 37.0 Å². The minimum atomic E-state index is -0.987. The Bertz CT molecular complexity index is 1060. The normalized spacial score (nSPS) is 10.6. The van der Waals surface area contributed by atoms with Crippen molar-refractivity contribution in [2.45, 2.75) is 30.4 Å². The lowest BCUT2D eigenvalue weighted by Crippen LogP contribution is -2.00. The summed E-state index contributed by atoms with van der Waals surface area (Å²) in [6, 6.07) is 13.8. The standard InChI is InChI=1S/C22H19NO5S/c1-13-19(8-7-18(14(2)24)21(13)25)28-12-15-3-5-17(6-4-15)29-20-11-16(22(26)27)9-10-23-20/h3-11,25H,12H2,1-2H3,(H,26,27). The molecule has 29 heavy (non-hydrogen) atoms. The number of carboxylic acid groups (broad SMARTS) is 1. The van der Waals surface area contributed by atoms with Crippen LogP contribution in [0, 0.1) is 6.92 Å². The zero-order valence-corrected chi connectivity index (χ0v) is 16.7. The Balaban J connectivity index is 1.66. The van der Waals surface area contributed by atoms with Gasteiger partial charge in [0.2, 0.25) is 0 Å². The molecule has 0 unspecified atom stereocenters. The quantitative estimate of drug-likeness (QED) is 0.545. The van der Waals surface area contributed by atoms with Crippen LogP contribution in [-0.2, 0) is 6.61 Å². The topological polar surface area (TPSA) is 96.7 Å². The first-order chi connectivity index (χ1) is 13.8. The molecule has 0 spiro atoms. The van der Waals surface area contributed by atoms with Gasteiger partial charge in [-0.05, 0) is 55.8 Å². The molecular formula is C22H19NO5S. The monoisotopic (exact) mass is 409 g/mol. The molecule has 6 nitrogen and oxygen atoms in total. The van der Waals surface area contributed by atoms with Crippen molar-refractivity contribution in [3.05, 3.63) is 77.0 Å². The number of phenolic OH excluding ortho intramolecular Hbond substituents is 1. The molecule has 0 saturated heterocycles. The van der Waals surface area contributed by atoms with E-state index in [0.29, 0.717) is 22.9 Å². The number of ether oxygens (including phenoxy) is 1. The Morgan fingerprint density at radius 1 is 1.10 bits per heavy atom. The van der Waals surface area contributed by atoms with Gasteiger partial charge in [0.25, 0.3) is 0 Å². The van der Waals surface area contributed by atoms with Gasteiger partial charge in [0, 0.05) is 16.7 Å². The van der Waals surface area contributed by atoms with Crippen molar-refractivity contribution in [2.24, 2.45) is 0 Å². The molecule has 0 aliphatic rings. The lowest BCUT2D eigenvalue weighted by molar-refractivity contribution is 0.0696. The number of carbonyl (C=O) groups is 2. The molecule has 1 aromatic heterocycles. The summed E-state index contributed by atoms with van der Waals surface area (Å²) in [5.74, 6) is -0.730. The highest BCUT2D eigenvalue weighted by atomic mass is 32.2. The van der Waals surface area contributed by atoms with Crippen molar-refractivity contribution in [3.63, 3.8) is 0 Å². The zero-order valence-electron chi connectivity index (χ0n) is 15.9. The average Bonchev–Trinajstić information content (AvgIpc) is 2.70. The first-order valence-corrected chi connectivity index (χ1v) is 9.59. The summed E-state index contributed by atoms with van der Waals surface area (Å²) >= 11 is 1.37. The second kappa shape index (κ2) is 8.79. The Kier molecular flexibility index (Phi) is 6.19. The first kappa shape index (κ1) is 20.4. The number of hydrogen-bond donors (Lipinski definition) is 2. The van der Waals surface area contributed by atoms with Crippen molar-refractivity contribution in [2.75, 3.05) is 0 Å². The summed E-state index contributed by atoms with van der Waals surface area (Å²) in [4.78, 5) is 27.6. The highest BCUT2D eigenvalue weighted by Crippen LogP contribution is 2.31. The number of aromatic hydroxyl groups is 1. The predicted molar refractivity (Wildman–Crippen MR) is 109 cm³/mol. The fraction of sp³-hybridized carbons (Fsp3) is 0.136. The van der Waals surface area contributed by atoms with Crippen LogP contribution in [0.1, 0.15) is 38.8 Å². The van der Waals surface area contributed by atoms with Crippen LogP contribution in [0.3, 0.4) is 0 Å². The number of hydrogen-bond acceptors (Lipinski definition) is 6. The Hall–Kier alpha value is -3.32. The molecular weight excluding hydrogens is 390 g/mol. The molecule has 0 aliphatic carbocycles. The summed E-state index contributed by atoms with van der Waals surface area (Å²) in [6.07, 6.45) is 1.48. The smallest absolute Gasteiger partial charge is 0.335 e. The number of carboxylic acids is 1. The van der Waals surface area contributed by atoms with Gasteiger partial charge in [0.15, 0.2) is 5.78 Å². The summed E-state index contributed by atoms with van der Waals surface area (Å²) in [5, 5.41) is 19.8.